The van der Waals surface area contributed by atoms with Crippen molar-refractivity contribution in [2.24, 2.45) is 5.92 Å². The van der Waals surface area contributed by atoms with E-state index < -0.39 is 0 Å². The first-order chi connectivity index (χ1) is 14.2. The Hall–Kier alpha value is -3.16. The zero-order valence-electron chi connectivity index (χ0n) is 15.8. The van der Waals surface area contributed by atoms with E-state index in [9.17, 15) is 10.2 Å². The minimum absolute atomic E-state index is 0.112. The van der Waals surface area contributed by atoms with E-state index in [2.05, 4.69) is 15.1 Å². The third kappa shape index (κ3) is 3.50. The van der Waals surface area contributed by atoms with Crippen molar-refractivity contribution < 1.29 is 10.2 Å². The smallest absolute Gasteiger partial charge is 0.154 e. The Morgan fingerprint density at radius 2 is 1.90 bits per heavy atom. The number of aromatic nitrogens is 5. The Labute approximate surface area is 167 Å². The summed E-state index contributed by atoms with van der Waals surface area (Å²) in [4.78, 5) is 13.6. The Bertz CT molecular complexity index is 1170. The number of fused-ring (bicyclic) bond motifs is 1. The van der Waals surface area contributed by atoms with Crippen LogP contribution in [0.1, 0.15) is 24.2 Å². The van der Waals surface area contributed by atoms with E-state index in [0.29, 0.717) is 17.4 Å². The summed E-state index contributed by atoms with van der Waals surface area (Å²) >= 11 is 0. The largest absolute Gasteiger partial charge is 0.393 e. The van der Waals surface area contributed by atoms with Crippen LogP contribution in [0.5, 0.6) is 0 Å². The molecule has 0 saturated heterocycles. The van der Waals surface area contributed by atoms with Crippen molar-refractivity contribution in [1.29, 1.82) is 0 Å². The lowest BCUT2D eigenvalue weighted by atomic mass is 9.79. The van der Waals surface area contributed by atoms with Crippen LogP contribution in [-0.4, -0.2) is 41.0 Å². The molecular weight excluding hydrogens is 366 g/mol. The average Bonchev–Trinajstić information content (AvgIpc) is 3.16. The van der Waals surface area contributed by atoms with Gasteiger partial charge in [0.15, 0.2) is 5.82 Å². The van der Waals surface area contributed by atoms with Gasteiger partial charge in [-0.25, -0.2) is 14.6 Å². The van der Waals surface area contributed by atoms with Gasteiger partial charge in [-0.1, -0.05) is 18.2 Å². The Morgan fingerprint density at radius 3 is 2.72 bits per heavy atom. The fourth-order valence-electron chi connectivity index (χ4n) is 3.84. The minimum atomic E-state index is -0.156. The van der Waals surface area contributed by atoms with Crippen molar-refractivity contribution in [3.8, 4) is 17.1 Å². The molecule has 2 N–H and O–H groups in total. The second kappa shape index (κ2) is 7.35. The van der Waals surface area contributed by atoms with E-state index in [0.717, 1.165) is 47.1 Å². The van der Waals surface area contributed by atoms with Crippen molar-refractivity contribution in [3.05, 3.63) is 66.4 Å². The Balaban J connectivity index is 1.50. The molecule has 1 saturated carbocycles. The molecule has 0 radical (unpaired) electrons. The summed E-state index contributed by atoms with van der Waals surface area (Å²) in [6.07, 6.45) is 7.75. The van der Waals surface area contributed by atoms with E-state index in [-0.39, 0.29) is 12.7 Å². The minimum Gasteiger partial charge on any atom is -0.393 e. The summed E-state index contributed by atoms with van der Waals surface area (Å²) in [6, 6.07) is 11.6. The van der Waals surface area contributed by atoms with Crippen LogP contribution in [0.2, 0.25) is 0 Å². The van der Waals surface area contributed by atoms with Crippen molar-refractivity contribution in [3.63, 3.8) is 0 Å². The number of aliphatic hydroxyl groups excluding tert-OH is 2. The molecule has 1 aliphatic carbocycles. The van der Waals surface area contributed by atoms with Gasteiger partial charge in [0, 0.05) is 17.1 Å². The second-order valence-electron chi connectivity index (χ2n) is 7.57. The molecule has 1 fully saturated rings. The van der Waals surface area contributed by atoms with E-state index in [4.69, 9.17) is 4.98 Å². The SMILES string of the molecule is OCc1cccc(-n2ncc3ccc(-c4cncc(CC5CC(O)C5)n4)cc32)n1. The van der Waals surface area contributed by atoms with Gasteiger partial charge in [-0.15, -0.1) is 0 Å². The number of pyridine rings is 1. The van der Waals surface area contributed by atoms with Crippen LogP contribution in [-0.2, 0) is 13.0 Å². The molecular formula is C22H21N5O2. The first kappa shape index (κ1) is 17.9. The van der Waals surface area contributed by atoms with Gasteiger partial charge in [0.1, 0.15) is 0 Å². The first-order valence-corrected chi connectivity index (χ1v) is 9.74. The molecule has 29 heavy (non-hydrogen) atoms. The van der Waals surface area contributed by atoms with Gasteiger partial charge in [0.25, 0.3) is 0 Å². The molecule has 5 rings (SSSR count). The van der Waals surface area contributed by atoms with Crippen LogP contribution in [0.25, 0.3) is 28.0 Å². The zero-order valence-corrected chi connectivity index (χ0v) is 15.8. The second-order valence-corrected chi connectivity index (χ2v) is 7.57. The fraction of sp³-hybridized carbons (Fsp3) is 0.273. The Kier molecular flexibility index (Phi) is 4.54. The maximum Gasteiger partial charge on any atom is 0.154 e. The summed E-state index contributed by atoms with van der Waals surface area (Å²) in [7, 11) is 0. The molecule has 0 unspecified atom stereocenters. The molecule has 3 heterocycles. The van der Waals surface area contributed by atoms with Gasteiger partial charge in [0.05, 0.1) is 47.7 Å². The number of aliphatic hydroxyl groups is 2. The van der Waals surface area contributed by atoms with Gasteiger partial charge >= 0.3 is 0 Å². The van der Waals surface area contributed by atoms with Gasteiger partial charge in [-0.3, -0.25) is 4.98 Å². The highest BCUT2D eigenvalue weighted by Crippen LogP contribution is 2.30. The Morgan fingerprint density at radius 1 is 1.00 bits per heavy atom. The summed E-state index contributed by atoms with van der Waals surface area (Å²) in [6.45, 7) is -0.112. The van der Waals surface area contributed by atoms with E-state index in [1.54, 1.807) is 29.3 Å². The fourth-order valence-corrected chi connectivity index (χ4v) is 3.84. The molecule has 3 aromatic heterocycles. The third-order valence-corrected chi connectivity index (χ3v) is 5.43. The van der Waals surface area contributed by atoms with Crippen molar-refractivity contribution in [1.82, 2.24) is 24.7 Å². The average molecular weight is 387 g/mol. The topological polar surface area (TPSA) is 97.0 Å². The van der Waals surface area contributed by atoms with E-state index in [1.807, 2.05) is 30.3 Å². The number of benzene rings is 1. The number of nitrogens with zero attached hydrogens (tertiary/aromatic N) is 5. The highest BCUT2D eigenvalue weighted by Gasteiger charge is 2.27. The maximum atomic E-state index is 9.50. The summed E-state index contributed by atoms with van der Waals surface area (Å²) in [5.41, 5.74) is 4.24. The van der Waals surface area contributed by atoms with Crippen LogP contribution in [0.4, 0.5) is 0 Å². The van der Waals surface area contributed by atoms with E-state index in [1.165, 1.54) is 0 Å². The lowest BCUT2D eigenvalue weighted by molar-refractivity contribution is 0.0428. The molecule has 0 aliphatic heterocycles. The first-order valence-electron chi connectivity index (χ1n) is 9.74. The van der Waals surface area contributed by atoms with Crippen molar-refractivity contribution >= 4 is 10.9 Å². The molecule has 0 atom stereocenters. The lowest BCUT2D eigenvalue weighted by Crippen LogP contribution is -2.30. The standard InChI is InChI=1S/C22H21N5O2/c28-13-17-2-1-3-22(26-17)27-21-9-15(4-5-16(21)10-24-27)20-12-23-11-18(25-20)6-14-7-19(29)8-14/h1-5,9-12,14,19,28-29H,6-8,13H2. The number of rotatable bonds is 5. The molecule has 4 aromatic rings. The molecule has 0 bridgehead atoms. The third-order valence-electron chi connectivity index (χ3n) is 5.43. The van der Waals surface area contributed by atoms with Crippen LogP contribution in [0.15, 0.2) is 55.0 Å². The predicted molar refractivity (Wildman–Crippen MR) is 108 cm³/mol. The lowest BCUT2D eigenvalue weighted by Gasteiger charge is -2.30. The summed E-state index contributed by atoms with van der Waals surface area (Å²) in [5, 5.41) is 24.3. The van der Waals surface area contributed by atoms with E-state index >= 15 is 0 Å². The molecule has 0 amide bonds. The number of hydrogen-bond acceptors (Lipinski definition) is 6. The van der Waals surface area contributed by atoms with Crippen molar-refractivity contribution in [2.75, 3.05) is 0 Å². The highest BCUT2D eigenvalue weighted by molar-refractivity contribution is 5.84. The zero-order chi connectivity index (χ0) is 19.8. The maximum absolute atomic E-state index is 9.50. The quantitative estimate of drug-likeness (QED) is 0.546. The molecule has 1 aromatic carbocycles. The van der Waals surface area contributed by atoms with Crippen LogP contribution in [0, 0.1) is 5.92 Å². The summed E-state index contributed by atoms with van der Waals surface area (Å²) in [5.74, 6) is 1.15. The van der Waals surface area contributed by atoms with Gasteiger partial charge in [-0.2, -0.15) is 5.10 Å². The van der Waals surface area contributed by atoms with Gasteiger partial charge in [-0.05, 0) is 43.4 Å². The van der Waals surface area contributed by atoms with Gasteiger partial charge in [0.2, 0.25) is 0 Å². The van der Waals surface area contributed by atoms with Crippen LogP contribution >= 0.6 is 0 Å². The monoisotopic (exact) mass is 387 g/mol. The van der Waals surface area contributed by atoms with Crippen LogP contribution < -0.4 is 0 Å². The molecule has 1 aliphatic rings. The van der Waals surface area contributed by atoms with Gasteiger partial charge < -0.3 is 10.2 Å². The normalized spacial score (nSPS) is 18.7. The number of hydrogen-bond donors (Lipinski definition) is 2. The summed E-state index contributed by atoms with van der Waals surface area (Å²) < 4.78 is 1.77. The molecule has 0 spiro atoms. The molecule has 146 valence electrons. The predicted octanol–water partition coefficient (Wildman–Crippen LogP) is 2.68. The molecule has 7 heteroatoms. The molecule has 7 nitrogen and oxygen atoms in total. The van der Waals surface area contributed by atoms with Crippen LogP contribution in [0.3, 0.4) is 0 Å². The highest BCUT2D eigenvalue weighted by atomic mass is 16.3. The van der Waals surface area contributed by atoms with Crippen molar-refractivity contribution in [2.45, 2.75) is 32.0 Å².